The van der Waals surface area contributed by atoms with Crippen LogP contribution < -0.4 is 0 Å². The van der Waals surface area contributed by atoms with Gasteiger partial charge in [0.25, 0.3) is 5.91 Å². The molecule has 2 aromatic heterocycles. The molecule has 1 aliphatic rings. The fourth-order valence-electron chi connectivity index (χ4n) is 3.70. The van der Waals surface area contributed by atoms with Crippen molar-refractivity contribution in [2.24, 2.45) is 5.92 Å². The van der Waals surface area contributed by atoms with Crippen LogP contribution in [0.1, 0.15) is 47.2 Å². The summed E-state index contributed by atoms with van der Waals surface area (Å²) in [6.07, 6.45) is 3.38. The van der Waals surface area contributed by atoms with Crippen LogP contribution >= 0.6 is 0 Å². The third-order valence-electron chi connectivity index (χ3n) is 5.18. The lowest BCUT2D eigenvalue weighted by Gasteiger charge is -2.31. The Balaban J connectivity index is 1.77. The fraction of sp³-hybridized carbons (Fsp3) is 0.476. The fourth-order valence-corrected chi connectivity index (χ4v) is 3.70. The molecule has 0 aromatic carbocycles. The van der Waals surface area contributed by atoms with Crippen molar-refractivity contribution in [3.8, 4) is 0 Å². The van der Waals surface area contributed by atoms with E-state index < -0.39 is 0 Å². The van der Waals surface area contributed by atoms with Crippen LogP contribution in [0.2, 0.25) is 0 Å². The molecule has 1 unspecified atom stereocenters. The van der Waals surface area contributed by atoms with Crippen molar-refractivity contribution in [2.75, 3.05) is 19.7 Å². The van der Waals surface area contributed by atoms with Crippen LogP contribution in [-0.2, 0) is 16.1 Å². The van der Waals surface area contributed by atoms with Gasteiger partial charge in [0.1, 0.15) is 0 Å². The van der Waals surface area contributed by atoms with Gasteiger partial charge in [-0.3, -0.25) is 14.6 Å². The lowest BCUT2D eigenvalue weighted by Crippen LogP contribution is -2.43. The Labute approximate surface area is 160 Å². The van der Waals surface area contributed by atoms with Crippen LogP contribution in [-0.4, -0.2) is 46.0 Å². The van der Waals surface area contributed by atoms with Gasteiger partial charge in [0, 0.05) is 30.7 Å². The summed E-state index contributed by atoms with van der Waals surface area (Å²) in [5.41, 5.74) is 3.62. The summed E-state index contributed by atoms with van der Waals surface area (Å²) >= 11 is 0. The first-order valence-corrected chi connectivity index (χ1v) is 9.53. The predicted molar refractivity (Wildman–Crippen MR) is 103 cm³/mol. The summed E-state index contributed by atoms with van der Waals surface area (Å²) in [6.45, 7) is 7.90. The molecule has 1 amide bonds. The molecule has 1 saturated heterocycles. The number of piperidine rings is 1. The maximum absolute atomic E-state index is 13.1. The molecular formula is C21H27N3O3. The number of amides is 1. The van der Waals surface area contributed by atoms with Gasteiger partial charge in [0.2, 0.25) is 0 Å². The molecule has 3 rings (SSSR count). The second-order valence-electron chi connectivity index (χ2n) is 7.03. The predicted octanol–water partition coefficient (Wildman–Crippen LogP) is 2.96. The van der Waals surface area contributed by atoms with Gasteiger partial charge in [-0.2, -0.15) is 0 Å². The standard InChI is InChI=1S/C21H27N3O3/c1-4-27-21(26)17-8-7-11-23(13-17)20(25)19-12-15(2)24(16(19)3)14-18-9-5-6-10-22-18/h5-6,9-10,12,17H,4,7-8,11,13-14H2,1-3H3. The van der Waals surface area contributed by atoms with Crippen LogP contribution in [0, 0.1) is 19.8 Å². The minimum Gasteiger partial charge on any atom is -0.466 e. The van der Waals surface area contributed by atoms with Gasteiger partial charge in [-0.05, 0) is 51.8 Å². The van der Waals surface area contributed by atoms with Gasteiger partial charge >= 0.3 is 5.97 Å². The lowest BCUT2D eigenvalue weighted by atomic mass is 9.97. The summed E-state index contributed by atoms with van der Waals surface area (Å²) in [6, 6.07) is 7.78. The summed E-state index contributed by atoms with van der Waals surface area (Å²) < 4.78 is 7.25. The summed E-state index contributed by atoms with van der Waals surface area (Å²) in [5.74, 6) is -0.431. The van der Waals surface area contributed by atoms with Crippen LogP contribution in [0.25, 0.3) is 0 Å². The molecule has 6 nitrogen and oxygen atoms in total. The van der Waals surface area contributed by atoms with Gasteiger partial charge in [-0.15, -0.1) is 0 Å². The maximum Gasteiger partial charge on any atom is 0.310 e. The molecule has 3 heterocycles. The van der Waals surface area contributed by atoms with Crippen LogP contribution in [0.4, 0.5) is 0 Å². The lowest BCUT2D eigenvalue weighted by molar-refractivity contribution is -0.149. The average molecular weight is 369 g/mol. The van der Waals surface area contributed by atoms with E-state index in [2.05, 4.69) is 9.55 Å². The number of nitrogens with zero attached hydrogens (tertiary/aromatic N) is 3. The number of carbonyl (C=O) groups is 2. The molecule has 0 radical (unpaired) electrons. The number of ether oxygens (including phenoxy) is 1. The van der Waals surface area contributed by atoms with Gasteiger partial charge in [0.05, 0.1) is 30.3 Å². The number of hydrogen-bond acceptors (Lipinski definition) is 4. The number of likely N-dealkylation sites (tertiary alicyclic amines) is 1. The van der Waals surface area contributed by atoms with E-state index in [4.69, 9.17) is 4.74 Å². The van der Waals surface area contributed by atoms with Crippen LogP contribution in [0.5, 0.6) is 0 Å². The number of pyridine rings is 1. The van der Waals surface area contributed by atoms with Gasteiger partial charge in [-0.1, -0.05) is 6.07 Å². The number of hydrogen-bond donors (Lipinski definition) is 0. The third-order valence-corrected chi connectivity index (χ3v) is 5.18. The van der Waals surface area contributed by atoms with Crippen molar-refractivity contribution < 1.29 is 14.3 Å². The summed E-state index contributed by atoms with van der Waals surface area (Å²) in [5, 5.41) is 0. The van der Waals surface area contributed by atoms with Gasteiger partial charge in [-0.25, -0.2) is 0 Å². The van der Waals surface area contributed by atoms with Crippen molar-refractivity contribution in [2.45, 2.75) is 40.2 Å². The zero-order valence-electron chi connectivity index (χ0n) is 16.3. The number of aryl methyl sites for hydroxylation is 1. The summed E-state index contributed by atoms with van der Waals surface area (Å²) in [7, 11) is 0. The van der Waals surface area contributed by atoms with Crippen molar-refractivity contribution in [3.05, 3.63) is 53.1 Å². The molecule has 6 heteroatoms. The second-order valence-corrected chi connectivity index (χ2v) is 7.03. The highest BCUT2D eigenvalue weighted by Gasteiger charge is 2.31. The average Bonchev–Trinajstić information content (AvgIpc) is 2.97. The Bertz CT molecular complexity index is 814. The number of esters is 1. The molecule has 0 saturated carbocycles. The van der Waals surface area contributed by atoms with E-state index in [1.54, 1.807) is 18.0 Å². The van der Waals surface area contributed by atoms with Crippen molar-refractivity contribution in [1.29, 1.82) is 0 Å². The van der Waals surface area contributed by atoms with Crippen LogP contribution in [0.3, 0.4) is 0 Å². The Hall–Kier alpha value is -2.63. The normalized spacial score (nSPS) is 17.0. The van der Waals surface area contributed by atoms with E-state index in [0.717, 1.165) is 29.9 Å². The van der Waals surface area contributed by atoms with E-state index in [-0.39, 0.29) is 17.8 Å². The highest BCUT2D eigenvalue weighted by Crippen LogP contribution is 2.23. The maximum atomic E-state index is 13.1. The zero-order valence-corrected chi connectivity index (χ0v) is 16.3. The first-order chi connectivity index (χ1) is 13.0. The minimum absolute atomic E-state index is 0.00984. The molecule has 0 aliphatic carbocycles. The van der Waals surface area contributed by atoms with Crippen molar-refractivity contribution >= 4 is 11.9 Å². The molecular weight excluding hydrogens is 342 g/mol. The first-order valence-electron chi connectivity index (χ1n) is 9.53. The molecule has 1 aliphatic heterocycles. The van der Waals surface area contributed by atoms with E-state index in [1.165, 1.54) is 0 Å². The molecule has 1 fully saturated rings. The highest BCUT2D eigenvalue weighted by molar-refractivity contribution is 5.96. The van der Waals surface area contributed by atoms with Gasteiger partial charge in [0.15, 0.2) is 0 Å². The number of aromatic nitrogens is 2. The number of rotatable bonds is 5. The Morgan fingerprint density at radius 1 is 1.30 bits per heavy atom. The van der Waals surface area contributed by atoms with Crippen molar-refractivity contribution in [1.82, 2.24) is 14.5 Å². The minimum atomic E-state index is -0.223. The molecule has 0 bridgehead atoms. The van der Waals surface area contributed by atoms with E-state index in [9.17, 15) is 9.59 Å². The Morgan fingerprint density at radius 3 is 2.81 bits per heavy atom. The molecule has 2 aromatic rings. The van der Waals surface area contributed by atoms with Crippen molar-refractivity contribution in [3.63, 3.8) is 0 Å². The van der Waals surface area contributed by atoms with E-state index in [0.29, 0.717) is 31.8 Å². The molecule has 144 valence electrons. The quantitative estimate of drug-likeness (QED) is 0.760. The smallest absolute Gasteiger partial charge is 0.310 e. The molecule has 0 spiro atoms. The monoisotopic (exact) mass is 369 g/mol. The highest BCUT2D eigenvalue weighted by atomic mass is 16.5. The van der Waals surface area contributed by atoms with E-state index >= 15 is 0 Å². The van der Waals surface area contributed by atoms with E-state index in [1.807, 2.05) is 38.1 Å². The molecule has 27 heavy (non-hydrogen) atoms. The van der Waals surface area contributed by atoms with Crippen LogP contribution in [0.15, 0.2) is 30.5 Å². The summed E-state index contributed by atoms with van der Waals surface area (Å²) in [4.78, 5) is 31.3. The third kappa shape index (κ3) is 4.21. The molecule has 0 N–H and O–H groups in total. The Morgan fingerprint density at radius 2 is 2.11 bits per heavy atom. The topological polar surface area (TPSA) is 64.4 Å². The second kappa shape index (κ2) is 8.37. The first kappa shape index (κ1) is 19.1. The largest absolute Gasteiger partial charge is 0.466 e. The Kier molecular flexibility index (Phi) is 5.94. The zero-order chi connectivity index (χ0) is 19.4. The number of carbonyl (C=O) groups excluding carboxylic acids is 2. The molecule has 1 atom stereocenters. The SMILES string of the molecule is CCOC(=O)C1CCCN(C(=O)c2cc(C)n(Cc3ccccn3)c2C)C1. The van der Waals surface area contributed by atoms with Gasteiger partial charge < -0.3 is 14.2 Å².